The Morgan fingerprint density at radius 3 is 2.85 bits per heavy atom. The molecule has 0 radical (unpaired) electrons. The maximum absolute atomic E-state index is 12.3. The summed E-state index contributed by atoms with van der Waals surface area (Å²) in [5, 5.41) is 9.39. The molecule has 1 aliphatic rings. The van der Waals surface area contributed by atoms with Crippen LogP contribution >= 0.6 is 0 Å². The van der Waals surface area contributed by atoms with Gasteiger partial charge in [0.25, 0.3) is 0 Å². The Hall–Kier alpha value is -2.50. The Morgan fingerprint density at radius 2 is 2.15 bits per heavy atom. The molecule has 0 fully saturated rings. The van der Waals surface area contributed by atoms with Gasteiger partial charge in [0.05, 0.1) is 18.9 Å². The lowest BCUT2D eigenvalue weighted by atomic mass is 9.99. The van der Waals surface area contributed by atoms with Gasteiger partial charge in [-0.2, -0.15) is 0 Å². The van der Waals surface area contributed by atoms with Crippen molar-refractivity contribution in [3.05, 3.63) is 47.8 Å². The monoisotopic (exact) mass is 275 g/mol. The number of carbonyl (C=O) groups is 2. The number of hydrogen-bond donors (Lipinski definition) is 1. The number of furan rings is 2. The molecule has 1 aliphatic heterocycles. The van der Waals surface area contributed by atoms with Crippen LogP contribution in [0.4, 0.5) is 0 Å². The van der Waals surface area contributed by atoms with E-state index in [0.717, 1.165) is 0 Å². The second-order valence-corrected chi connectivity index (χ2v) is 4.63. The third-order valence-corrected chi connectivity index (χ3v) is 3.43. The molecule has 1 atom stereocenters. The Bertz CT molecular complexity index is 628. The molecule has 1 unspecified atom stereocenters. The van der Waals surface area contributed by atoms with Crippen LogP contribution in [0.3, 0.4) is 0 Å². The molecule has 0 spiro atoms. The molecule has 0 bridgehead atoms. The van der Waals surface area contributed by atoms with Crippen LogP contribution in [-0.2, 0) is 22.4 Å². The van der Waals surface area contributed by atoms with Crippen molar-refractivity contribution in [1.82, 2.24) is 4.90 Å². The summed E-state index contributed by atoms with van der Waals surface area (Å²) in [5.41, 5.74) is 0.552. The lowest BCUT2D eigenvalue weighted by Gasteiger charge is -2.32. The number of carboxylic acid groups (broad SMARTS) is 1. The first-order valence-corrected chi connectivity index (χ1v) is 6.27. The number of aliphatic carboxylic acids is 1. The van der Waals surface area contributed by atoms with Gasteiger partial charge in [-0.3, -0.25) is 4.79 Å². The molecule has 0 saturated carbocycles. The first kappa shape index (κ1) is 12.5. The van der Waals surface area contributed by atoms with Crippen LogP contribution in [0, 0.1) is 0 Å². The first-order valence-electron chi connectivity index (χ1n) is 6.27. The molecule has 20 heavy (non-hydrogen) atoms. The van der Waals surface area contributed by atoms with Crippen LogP contribution in [0.25, 0.3) is 0 Å². The van der Waals surface area contributed by atoms with Crippen LogP contribution in [0.1, 0.15) is 23.1 Å². The zero-order valence-electron chi connectivity index (χ0n) is 10.6. The second-order valence-electron chi connectivity index (χ2n) is 4.63. The van der Waals surface area contributed by atoms with Gasteiger partial charge < -0.3 is 18.8 Å². The number of carbonyl (C=O) groups excluding carboxylic acids is 1. The smallest absolute Gasteiger partial charge is 0.331 e. The van der Waals surface area contributed by atoms with Crippen molar-refractivity contribution in [2.24, 2.45) is 0 Å². The number of rotatable bonds is 3. The minimum atomic E-state index is -1.06. The number of nitrogens with zero attached hydrogens (tertiary/aromatic N) is 1. The molecular weight excluding hydrogens is 262 g/mol. The zero-order chi connectivity index (χ0) is 14.1. The van der Waals surface area contributed by atoms with Crippen molar-refractivity contribution in [2.45, 2.75) is 18.9 Å². The molecule has 6 nitrogen and oxygen atoms in total. The Labute approximate surface area is 114 Å². The van der Waals surface area contributed by atoms with Gasteiger partial charge in [-0.1, -0.05) is 0 Å². The first-order chi connectivity index (χ1) is 9.66. The van der Waals surface area contributed by atoms with Crippen LogP contribution in [0.2, 0.25) is 0 Å². The standard InChI is InChI=1S/C14H13NO5/c16-12(8-9-2-1-6-19-9)15-5-3-11-10(4-7-20-11)13(15)14(17)18/h1-2,4,6-7,13H,3,5,8H2,(H,17,18). The molecule has 3 heterocycles. The van der Waals surface area contributed by atoms with Gasteiger partial charge in [-0.25, -0.2) is 4.79 Å². The molecule has 2 aromatic rings. The van der Waals surface area contributed by atoms with E-state index in [1.807, 2.05) is 0 Å². The highest BCUT2D eigenvalue weighted by molar-refractivity contribution is 5.86. The van der Waals surface area contributed by atoms with Gasteiger partial charge in [0, 0.05) is 18.5 Å². The zero-order valence-corrected chi connectivity index (χ0v) is 10.6. The Morgan fingerprint density at radius 1 is 1.30 bits per heavy atom. The fourth-order valence-corrected chi connectivity index (χ4v) is 2.52. The highest BCUT2D eigenvalue weighted by Crippen LogP contribution is 2.31. The topological polar surface area (TPSA) is 83.9 Å². The van der Waals surface area contributed by atoms with E-state index in [1.165, 1.54) is 17.4 Å². The van der Waals surface area contributed by atoms with E-state index in [2.05, 4.69) is 0 Å². The lowest BCUT2D eigenvalue weighted by Crippen LogP contribution is -2.43. The van der Waals surface area contributed by atoms with E-state index in [-0.39, 0.29) is 12.3 Å². The third kappa shape index (κ3) is 2.09. The fraction of sp³-hybridized carbons (Fsp3) is 0.286. The highest BCUT2D eigenvalue weighted by Gasteiger charge is 2.37. The molecule has 3 rings (SSSR count). The molecule has 0 aromatic carbocycles. The number of carboxylic acids is 1. The van der Waals surface area contributed by atoms with Gasteiger partial charge >= 0.3 is 5.97 Å². The normalized spacial score (nSPS) is 17.8. The predicted molar refractivity (Wildman–Crippen MR) is 66.9 cm³/mol. The lowest BCUT2D eigenvalue weighted by molar-refractivity contribution is -0.151. The van der Waals surface area contributed by atoms with E-state index in [9.17, 15) is 14.7 Å². The maximum Gasteiger partial charge on any atom is 0.331 e. The summed E-state index contributed by atoms with van der Waals surface area (Å²) in [6, 6.07) is 4.02. The molecule has 6 heteroatoms. The van der Waals surface area contributed by atoms with Crippen molar-refractivity contribution in [1.29, 1.82) is 0 Å². The average Bonchev–Trinajstić information content (AvgIpc) is 3.06. The van der Waals surface area contributed by atoms with Gasteiger partial charge in [-0.05, 0) is 18.2 Å². The third-order valence-electron chi connectivity index (χ3n) is 3.43. The van der Waals surface area contributed by atoms with Gasteiger partial charge in [0.1, 0.15) is 11.5 Å². The molecule has 0 aliphatic carbocycles. The number of fused-ring (bicyclic) bond motifs is 1. The summed E-state index contributed by atoms with van der Waals surface area (Å²) in [7, 11) is 0. The Balaban J connectivity index is 1.85. The van der Waals surface area contributed by atoms with Crippen molar-refractivity contribution in [3.8, 4) is 0 Å². The minimum absolute atomic E-state index is 0.0595. The molecule has 1 N–H and O–H groups in total. The largest absolute Gasteiger partial charge is 0.479 e. The van der Waals surface area contributed by atoms with E-state index < -0.39 is 12.0 Å². The number of amides is 1. The quantitative estimate of drug-likeness (QED) is 0.920. The van der Waals surface area contributed by atoms with E-state index in [1.54, 1.807) is 18.2 Å². The van der Waals surface area contributed by atoms with Gasteiger partial charge in [0.15, 0.2) is 6.04 Å². The summed E-state index contributed by atoms with van der Waals surface area (Å²) >= 11 is 0. The Kier molecular flexibility index (Phi) is 3.06. The number of hydrogen-bond acceptors (Lipinski definition) is 4. The van der Waals surface area contributed by atoms with E-state index in [0.29, 0.717) is 30.0 Å². The highest BCUT2D eigenvalue weighted by atomic mass is 16.4. The molecule has 1 amide bonds. The summed E-state index contributed by atoms with van der Waals surface area (Å²) in [6.07, 6.45) is 3.53. The molecular formula is C14H13NO5. The van der Waals surface area contributed by atoms with Crippen LogP contribution in [0.15, 0.2) is 39.6 Å². The van der Waals surface area contributed by atoms with Crippen molar-refractivity contribution in [3.63, 3.8) is 0 Å². The van der Waals surface area contributed by atoms with Crippen molar-refractivity contribution in [2.75, 3.05) is 6.54 Å². The maximum atomic E-state index is 12.3. The van der Waals surface area contributed by atoms with Gasteiger partial charge in [-0.15, -0.1) is 0 Å². The molecule has 104 valence electrons. The molecule has 2 aromatic heterocycles. The van der Waals surface area contributed by atoms with Crippen LogP contribution in [-0.4, -0.2) is 28.4 Å². The summed E-state index contributed by atoms with van der Waals surface area (Å²) < 4.78 is 10.4. The van der Waals surface area contributed by atoms with Crippen molar-refractivity contribution < 1.29 is 23.5 Å². The minimum Gasteiger partial charge on any atom is -0.479 e. The summed E-state index contributed by atoms with van der Waals surface area (Å²) in [5.74, 6) is -0.157. The average molecular weight is 275 g/mol. The van der Waals surface area contributed by atoms with Crippen molar-refractivity contribution >= 4 is 11.9 Å². The van der Waals surface area contributed by atoms with Crippen LogP contribution in [0.5, 0.6) is 0 Å². The summed E-state index contributed by atoms with van der Waals surface area (Å²) in [4.78, 5) is 25.1. The molecule has 0 saturated heterocycles. The van der Waals surface area contributed by atoms with E-state index in [4.69, 9.17) is 8.83 Å². The second kappa shape index (κ2) is 4.88. The van der Waals surface area contributed by atoms with Crippen LogP contribution < -0.4 is 0 Å². The predicted octanol–water partition coefficient (Wildman–Crippen LogP) is 1.63. The van der Waals surface area contributed by atoms with E-state index >= 15 is 0 Å². The van der Waals surface area contributed by atoms with Gasteiger partial charge in [0.2, 0.25) is 5.91 Å². The SMILES string of the molecule is O=C(O)C1c2ccoc2CCN1C(=O)Cc1ccco1. The summed E-state index contributed by atoms with van der Waals surface area (Å²) in [6.45, 7) is 0.330. The fourth-order valence-electron chi connectivity index (χ4n) is 2.52.